The third-order valence-corrected chi connectivity index (χ3v) is 3.72. The third kappa shape index (κ3) is 5.12. The van der Waals surface area contributed by atoms with Crippen molar-refractivity contribution in [2.75, 3.05) is 20.3 Å². The molecule has 0 aliphatic carbocycles. The molecule has 2 rings (SSSR count). The van der Waals surface area contributed by atoms with Crippen LogP contribution in [0.15, 0.2) is 54.1 Å². The summed E-state index contributed by atoms with van der Waals surface area (Å²) in [6.45, 7) is 2.77. The molecule has 0 aliphatic heterocycles. The lowest BCUT2D eigenvalue weighted by atomic mass is 10.1. The van der Waals surface area contributed by atoms with Gasteiger partial charge in [-0.2, -0.15) is 5.26 Å². The van der Waals surface area contributed by atoms with Crippen LogP contribution in [-0.2, 0) is 11.2 Å². The van der Waals surface area contributed by atoms with Gasteiger partial charge in [0, 0.05) is 12.1 Å². The Morgan fingerprint density at radius 1 is 1.19 bits per heavy atom. The van der Waals surface area contributed by atoms with Gasteiger partial charge in [-0.15, -0.1) is 0 Å². The second-order valence-electron chi connectivity index (χ2n) is 5.47. The molecule has 1 amide bonds. The van der Waals surface area contributed by atoms with Crippen LogP contribution in [0.25, 0.3) is 6.08 Å². The van der Waals surface area contributed by atoms with Crippen molar-refractivity contribution in [3.8, 4) is 17.6 Å². The van der Waals surface area contributed by atoms with Crippen LogP contribution in [0.4, 0.5) is 0 Å². The molecular formula is C21H22N2O3. The molecule has 0 fully saturated rings. The molecule has 0 unspecified atom stereocenters. The summed E-state index contributed by atoms with van der Waals surface area (Å²) in [7, 11) is 1.55. The SMILES string of the molecule is CCOc1c(/C=C(\C#N)C(=O)NCCc2ccccc2)cccc1OC. The molecule has 5 heteroatoms. The van der Waals surface area contributed by atoms with Crippen LogP contribution < -0.4 is 14.8 Å². The van der Waals surface area contributed by atoms with Gasteiger partial charge < -0.3 is 14.8 Å². The van der Waals surface area contributed by atoms with E-state index < -0.39 is 5.91 Å². The topological polar surface area (TPSA) is 71.3 Å². The molecular weight excluding hydrogens is 328 g/mol. The fourth-order valence-electron chi connectivity index (χ4n) is 2.47. The Balaban J connectivity index is 2.12. The van der Waals surface area contributed by atoms with E-state index in [1.807, 2.05) is 43.3 Å². The number of nitrogens with one attached hydrogen (secondary N) is 1. The Morgan fingerprint density at radius 3 is 2.62 bits per heavy atom. The molecule has 134 valence electrons. The monoisotopic (exact) mass is 350 g/mol. The number of amides is 1. The van der Waals surface area contributed by atoms with Gasteiger partial charge in [0.2, 0.25) is 0 Å². The predicted molar refractivity (Wildman–Crippen MR) is 101 cm³/mol. The van der Waals surface area contributed by atoms with E-state index in [0.717, 1.165) is 5.56 Å². The van der Waals surface area contributed by atoms with E-state index in [0.29, 0.717) is 36.6 Å². The number of methoxy groups -OCH3 is 1. The van der Waals surface area contributed by atoms with Gasteiger partial charge in [0.05, 0.1) is 13.7 Å². The largest absolute Gasteiger partial charge is 0.493 e. The van der Waals surface area contributed by atoms with Crippen molar-refractivity contribution in [2.24, 2.45) is 0 Å². The molecule has 5 nitrogen and oxygen atoms in total. The summed E-state index contributed by atoms with van der Waals surface area (Å²) in [5.41, 5.74) is 1.77. The lowest BCUT2D eigenvalue weighted by Crippen LogP contribution is -2.26. The molecule has 2 aromatic rings. The van der Waals surface area contributed by atoms with Crippen molar-refractivity contribution in [1.29, 1.82) is 5.26 Å². The summed E-state index contributed by atoms with van der Waals surface area (Å²) in [6.07, 6.45) is 2.22. The molecule has 1 N–H and O–H groups in total. The van der Waals surface area contributed by atoms with E-state index in [4.69, 9.17) is 9.47 Å². The first-order valence-electron chi connectivity index (χ1n) is 8.43. The molecule has 0 aliphatic rings. The van der Waals surface area contributed by atoms with Crippen LogP contribution >= 0.6 is 0 Å². The normalized spacial score (nSPS) is 10.7. The van der Waals surface area contributed by atoms with Gasteiger partial charge in [-0.25, -0.2) is 0 Å². The number of hydrogen-bond donors (Lipinski definition) is 1. The van der Waals surface area contributed by atoms with Gasteiger partial charge >= 0.3 is 0 Å². The summed E-state index contributed by atoms with van der Waals surface area (Å²) in [5.74, 6) is 0.665. The fourth-order valence-corrected chi connectivity index (χ4v) is 2.47. The number of rotatable bonds is 8. The minimum atomic E-state index is -0.409. The first kappa shape index (κ1) is 19.1. The third-order valence-electron chi connectivity index (χ3n) is 3.72. The number of nitriles is 1. The van der Waals surface area contributed by atoms with E-state index in [1.165, 1.54) is 6.08 Å². The van der Waals surface area contributed by atoms with Gasteiger partial charge in [0.25, 0.3) is 5.91 Å². The van der Waals surface area contributed by atoms with E-state index in [1.54, 1.807) is 25.3 Å². The smallest absolute Gasteiger partial charge is 0.261 e. The molecule has 26 heavy (non-hydrogen) atoms. The average Bonchev–Trinajstić information content (AvgIpc) is 2.68. The predicted octanol–water partition coefficient (Wildman–Crippen LogP) is 3.36. The van der Waals surface area contributed by atoms with Crippen LogP contribution in [0.3, 0.4) is 0 Å². The molecule has 0 aromatic heterocycles. The summed E-state index contributed by atoms with van der Waals surface area (Å²) >= 11 is 0. The molecule has 0 radical (unpaired) electrons. The van der Waals surface area contributed by atoms with Gasteiger partial charge in [-0.1, -0.05) is 42.5 Å². The molecule has 0 saturated carbocycles. The van der Waals surface area contributed by atoms with Crippen LogP contribution in [0.5, 0.6) is 11.5 Å². The molecule has 2 aromatic carbocycles. The van der Waals surface area contributed by atoms with Crippen LogP contribution in [0, 0.1) is 11.3 Å². The Morgan fingerprint density at radius 2 is 1.96 bits per heavy atom. The quantitative estimate of drug-likeness (QED) is 0.585. The van der Waals surface area contributed by atoms with E-state index >= 15 is 0 Å². The molecule has 0 heterocycles. The maximum Gasteiger partial charge on any atom is 0.261 e. The lowest BCUT2D eigenvalue weighted by Gasteiger charge is -2.12. The van der Waals surface area contributed by atoms with Gasteiger partial charge in [0.15, 0.2) is 11.5 Å². The van der Waals surface area contributed by atoms with Crippen molar-refractivity contribution in [3.63, 3.8) is 0 Å². The maximum atomic E-state index is 12.3. The van der Waals surface area contributed by atoms with Gasteiger partial charge in [-0.3, -0.25) is 4.79 Å². The minimum absolute atomic E-state index is 0.0206. The van der Waals surface area contributed by atoms with Crippen molar-refractivity contribution < 1.29 is 14.3 Å². The fraction of sp³-hybridized carbons (Fsp3) is 0.238. The molecule has 0 spiro atoms. The van der Waals surface area contributed by atoms with Crippen molar-refractivity contribution >= 4 is 12.0 Å². The summed E-state index contributed by atoms with van der Waals surface area (Å²) in [4.78, 5) is 12.3. The van der Waals surface area contributed by atoms with Crippen molar-refractivity contribution in [2.45, 2.75) is 13.3 Å². The zero-order valence-corrected chi connectivity index (χ0v) is 15.0. The highest BCUT2D eigenvalue weighted by atomic mass is 16.5. The Labute approximate surface area is 153 Å². The Hall–Kier alpha value is -3.26. The highest BCUT2D eigenvalue weighted by molar-refractivity contribution is 6.02. The van der Waals surface area contributed by atoms with Crippen LogP contribution in [0.1, 0.15) is 18.1 Å². The summed E-state index contributed by atoms with van der Waals surface area (Å²) in [6, 6.07) is 17.1. The van der Waals surface area contributed by atoms with E-state index in [-0.39, 0.29) is 5.57 Å². The number of carbonyl (C=O) groups excluding carboxylic acids is 1. The minimum Gasteiger partial charge on any atom is -0.493 e. The van der Waals surface area contributed by atoms with Crippen molar-refractivity contribution in [3.05, 3.63) is 65.2 Å². The molecule has 0 saturated heterocycles. The first-order chi connectivity index (χ1) is 12.7. The van der Waals surface area contributed by atoms with Gasteiger partial charge in [0.1, 0.15) is 11.6 Å². The Kier molecular flexibility index (Phi) is 7.26. The first-order valence-corrected chi connectivity index (χ1v) is 8.43. The molecule has 0 atom stereocenters. The summed E-state index contributed by atoms with van der Waals surface area (Å²) in [5, 5.41) is 12.2. The van der Waals surface area contributed by atoms with Gasteiger partial charge in [-0.05, 0) is 31.1 Å². The number of ether oxygens (including phenoxy) is 2. The van der Waals surface area contributed by atoms with Crippen LogP contribution in [-0.4, -0.2) is 26.2 Å². The second-order valence-corrected chi connectivity index (χ2v) is 5.47. The highest BCUT2D eigenvalue weighted by Crippen LogP contribution is 2.32. The second kappa shape index (κ2) is 9.90. The van der Waals surface area contributed by atoms with Crippen molar-refractivity contribution in [1.82, 2.24) is 5.32 Å². The number of para-hydroxylation sites is 1. The lowest BCUT2D eigenvalue weighted by molar-refractivity contribution is -0.117. The zero-order chi connectivity index (χ0) is 18.8. The maximum absolute atomic E-state index is 12.3. The van der Waals surface area contributed by atoms with E-state index in [9.17, 15) is 10.1 Å². The number of hydrogen-bond acceptors (Lipinski definition) is 4. The van der Waals surface area contributed by atoms with Crippen LogP contribution in [0.2, 0.25) is 0 Å². The zero-order valence-electron chi connectivity index (χ0n) is 15.0. The number of benzene rings is 2. The Bertz CT molecular complexity index is 808. The number of nitrogens with zero attached hydrogens (tertiary/aromatic N) is 1. The number of carbonyl (C=O) groups is 1. The molecule has 0 bridgehead atoms. The standard InChI is InChI=1S/C21H22N2O3/c1-3-26-20-17(10-7-11-19(20)25-2)14-18(15-22)21(24)23-13-12-16-8-5-4-6-9-16/h4-11,14H,3,12-13H2,1-2H3,(H,23,24)/b18-14+. The summed E-state index contributed by atoms with van der Waals surface area (Å²) < 4.78 is 10.9. The average molecular weight is 350 g/mol. The highest BCUT2D eigenvalue weighted by Gasteiger charge is 2.13. The van der Waals surface area contributed by atoms with E-state index in [2.05, 4.69) is 5.32 Å².